The van der Waals surface area contributed by atoms with Crippen LogP contribution in [0.1, 0.15) is 22.3 Å². The molecule has 12 nitrogen and oxygen atoms in total. The molecule has 3 aromatic carbocycles. The number of likely N-dealkylation sites (N-methyl/N-ethyl adjacent to an activating group) is 3. The van der Waals surface area contributed by atoms with Gasteiger partial charge in [-0.1, -0.05) is 48.5 Å². The second-order valence-corrected chi connectivity index (χ2v) is 12.6. The van der Waals surface area contributed by atoms with Gasteiger partial charge in [-0.15, -0.1) is 0 Å². The molecule has 47 heavy (non-hydrogen) atoms. The van der Waals surface area contributed by atoms with E-state index in [1.54, 1.807) is 55.2 Å². The van der Waals surface area contributed by atoms with Crippen LogP contribution in [0.2, 0.25) is 0 Å². The van der Waals surface area contributed by atoms with Crippen LogP contribution >= 0.6 is 0 Å². The van der Waals surface area contributed by atoms with Gasteiger partial charge in [-0.05, 0) is 55.1 Å². The predicted molar refractivity (Wildman–Crippen MR) is 177 cm³/mol. The lowest BCUT2D eigenvalue weighted by Gasteiger charge is -2.30. The number of hydrogen-bond acceptors (Lipinski definition) is 7. The third-order valence-electron chi connectivity index (χ3n) is 8.45. The van der Waals surface area contributed by atoms with Crippen molar-refractivity contribution in [3.63, 3.8) is 0 Å². The third-order valence-corrected chi connectivity index (χ3v) is 8.45. The average Bonchev–Trinajstić information content (AvgIpc) is 3.44. The number of nitrogens with zero attached hydrogens (tertiary/aromatic N) is 4. The van der Waals surface area contributed by atoms with Gasteiger partial charge in [0.2, 0.25) is 23.6 Å². The van der Waals surface area contributed by atoms with Crippen LogP contribution in [0.5, 0.6) is 5.75 Å². The van der Waals surface area contributed by atoms with Crippen molar-refractivity contribution in [3.05, 3.63) is 77.9 Å². The molecule has 2 aliphatic rings. The van der Waals surface area contributed by atoms with Gasteiger partial charge in [-0.25, -0.2) is 0 Å². The molecule has 2 heterocycles. The van der Waals surface area contributed by atoms with E-state index in [9.17, 15) is 24.0 Å². The van der Waals surface area contributed by atoms with Crippen LogP contribution in [0.3, 0.4) is 0 Å². The Hall–Kier alpha value is -4.97. The molecule has 12 heteroatoms. The van der Waals surface area contributed by atoms with Gasteiger partial charge in [0.05, 0.1) is 25.6 Å². The van der Waals surface area contributed by atoms with E-state index in [1.807, 2.05) is 42.5 Å². The lowest BCUT2D eigenvalue weighted by molar-refractivity contribution is -0.142. The monoisotopic (exact) mass is 642 g/mol. The van der Waals surface area contributed by atoms with Gasteiger partial charge in [-0.2, -0.15) is 0 Å². The Morgan fingerprint density at radius 3 is 2.40 bits per heavy atom. The fourth-order valence-corrected chi connectivity index (χ4v) is 6.14. The second kappa shape index (κ2) is 14.6. The molecule has 3 atom stereocenters. The van der Waals surface area contributed by atoms with E-state index in [-0.39, 0.29) is 74.9 Å². The molecule has 3 aromatic rings. The Bertz CT molecular complexity index is 1660. The lowest BCUT2D eigenvalue weighted by Crippen LogP contribution is -2.55. The molecule has 0 aromatic heterocycles. The Balaban J connectivity index is 1.37. The zero-order valence-corrected chi connectivity index (χ0v) is 27.3. The van der Waals surface area contributed by atoms with E-state index in [0.717, 1.165) is 16.3 Å². The highest BCUT2D eigenvalue weighted by Gasteiger charge is 2.38. The summed E-state index contributed by atoms with van der Waals surface area (Å²) in [4.78, 5) is 72.8. The summed E-state index contributed by atoms with van der Waals surface area (Å²) in [7, 11) is 6.68. The molecule has 1 fully saturated rings. The molecule has 5 amide bonds. The summed E-state index contributed by atoms with van der Waals surface area (Å²) in [5, 5.41) is 7.87. The van der Waals surface area contributed by atoms with E-state index < -0.39 is 11.9 Å². The van der Waals surface area contributed by atoms with Gasteiger partial charge in [-0.3, -0.25) is 24.0 Å². The van der Waals surface area contributed by atoms with Crippen LogP contribution in [0, 0.1) is 0 Å². The van der Waals surface area contributed by atoms with Crippen molar-refractivity contribution >= 4 is 40.3 Å². The number of nitrogens with one attached hydrogen (secondary N) is 2. The third kappa shape index (κ3) is 8.44. The molecule has 248 valence electrons. The molecular formula is C35H42N6O6. The van der Waals surface area contributed by atoms with E-state index in [1.165, 1.54) is 16.8 Å². The Kier molecular flexibility index (Phi) is 10.4. The maximum absolute atomic E-state index is 13.8. The highest BCUT2D eigenvalue weighted by Crippen LogP contribution is 2.22. The minimum atomic E-state index is -1.10. The van der Waals surface area contributed by atoms with Gasteiger partial charge < -0.3 is 35.0 Å². The van der Waals surface area contributed by atoms with Crippen molar-refractivity contribution in [2.45, 2.75) is 31.0 Å². The van der Waals surface area contributed by atoms with Crippen LogP contribution in [-0.4, -0.2) is 128 Å². The van der Waals surface area contributed by atoms with Crippen molar-refractivity contribution in [1.82, 2.24) is 30.2 Å². The van der Waals surface area contributed by atoms with E-state index in [2.05, 4.69) is 10.6 Å². The van der Waals surface area contributed by atoms with E-state index in [4.69, 9.17) is 4.74 Å². The van der Waals surface area contributed by atoms with Crippen LogP contribution in [-0.2, 0) is 25.6 Å². The number of carbonyl (C=O) groups is 5. The van der Waals surface area contributed by atoms with Crippen molar-refractivity contribution < 1.29 is 28.7 Å². The van der Waals surface area contributed by atoms with Gasteiger partial charge >= 0.3 is 0 Å². The van der Waals surface area contributed by atoms with Crippen LogP contribution in [0.15, 0.2) is 66.7 Å². The maximum atomic E-state index is 13.8. The Morgan fingerprint density at radius 1 is 0.872 bits per heavy atom. The fraction of sp³-hybridized carbons (Fsp3) is 0.400. The van der Waals surface area contributed by atoms with Crippen LogP contribution < -0.4 is 15.4 Å². The van der Waals surface area contributed by atoms with Gasteiger partial charge in [0.1, 0.15) is 18.4 Å². The fourth-order valence-electron chi connectivity index (χ4n) is 6.14. The Labute approximate surface area is 274 Å². The quantitative estimate of drug-likeness (QED) is 0.412. The topological polar surface area (TPSA) is 132 Å². The van der Waals surface area contributed by atoms with Crippen molar-refractivity contribution in [3.8, 4) is 5.75 Å². The standard InChI is InChI=1S/C35H42N6O6/c1-38(2)20-32(43)36-27-17-28-22-47-29-11-7-10-26(16-29)34(45)39(3)19-30(35(46)40(4)21-33(44)41(28)18-27)37-31(42)15-23-12-13-24-8-5-6-9-25(24)14-23/h5-14,16,27-28,30H,15,17-22H2,1-4H3,(H,36,43)(H,37,42)/t27-,28-,30-/m0/s1. The van der Waals surface area contributed by atoms with Crippen LogP contribution in [0.4, 0.5) is 0 Å². The zero-order valence-electron chi connectivity index (χ0n) is 27.3. The summed E-state index contributed by atoms with van der Waals surface area (Å²) in [6.07, 6.45) is 0.502. The molecule has 2 bridgehead atoms. The van der Waals surface area contributed by atoms with Gasteiger partial charge in [0.15, 0.2) is 0 Å². The van der Waals surface area contributed by atoms with Crippen LogP contribution in [0.25, 0.3) is 10.8 Å². The number of rotatable bonds is 6. The van der Waals surface area contributed by atoms with Gasteiger partial charge in [0, 0.05) is 38.8 Å². The molecular weight excluding hydrogens is 600 g/mol. The summed E-state index contributed by atoms with van der Waals surface area (Å²) >= 11 is 0. The normalized spacial score (nSPS) is 20.8. The van der Waals surface area contributed by atoms with Crippen molar-refractivity contribution in [2.75, 3.05) is 61.0 Å². The number of carbonyl (C=O) groups excluding carboxylic acids is 5. The number of fused-ring (bicyclic) bond motifs is 4. The minimum absolute atomic E-state index is 0.0324. The first kappa shape index (κ1) is 33.4. The molecule has 2 aliphatic heterocycles. The molecule has 1 saturated heterocycles. The lowest BCUT2D eigenvalue weighted by atomic mass is 10.0. The molecule has 0 aliphatic carbocycles. The number of benzene rings is 3. The maximum Gasteiger partial charge on any atom is 0.253 e. The first-order valence-electron chi connectivity index (χ1n) is 15.7. The Morgan fingerprint density at radius 2 is 1.64 bits per heavy atom. The summed E-state index contributed by atoms with van der Waals surface area (Å²) in [6, 6.07) is 18.6. The highest BCUT2D eigenvalue weighted by atomic mass is 16.5. The van der Waals surface area contributed by atoms with E-state index >= 15 is 0 Å². The molecule has 0 radical (unpaired) electrons. The van der Waals surface area contributed by atoms with Gasteiger partial charge in [0.25, 0.3) is 5.91 Å². The summed E-state index contributed by atoms with van der Waals surface area (Å²) in [6.45, 7) is 0.255. The smallest absolute Gasteiger partial charge is 0.253 e. The SMILES string of the molecule is CN(C)CC(=O)N[C@H]1C[C@H]2COc3cccc(c3)C(=O)N(C)C[C@H](NC(=O)Cc3ccc4ccccc4c3)C(=O)N(C)CC(=O)N2C1. The second-order valence-electron chi connectivity index (χ2n) is 12.6. The molecule has 0 saturated carbocycles. The summed E-state index contributed by atoms with van der Waals surface area (Å²) in [5.74, 6) is -1.24. The zero-order chi connectivity index (χ0) is 33.7. The molecule has 0 unspecified atom stereocenters. The average molecular weight is 643 g/mol. The predicted octanol–water partition coefficient (Wildman–Crippen LogP) is 1.14. The summed E-state index contributed by atoms with van der Waals surface area (Å²) in [5.41, 5.74) is 1.14. The molecule has 5 rings (SSSR count). The van der Waals surface area contributed by atoms with Crippen molar-refractivity contribution in [2.24, 2.45) is 0 Å². The molecule has 2 N–H and O–H groups in total. The largest absolute Gasteiger partial charge is 0.491 e. The molecule has 0 spiro atoms. The van der Waals surface area contributed by atoms with E-state index in [0.29, 0.717) is 17.7 Å². The van der Waals surface area contributed by atoms with Crippen molar-refractivity contribution in [1.29, 1.82) is 0 Å². The highest BCUT2D eigenvalue weighted by molar-refractivity contribution is 5.96. The summed E-state index contributed by atoms with van der Waals surface area (Å²) < 4.78 is 6.07. The minimum Gasteiger partial charge on any atom is -0.491 e. The first-order valence-corrected chi connectivity index (χ1v) is 15.7. The first-order chi connectivity index (χ1) is 22.5. The number of amides is 5. The number of hydrogen-bond donors (Lipinski definition) is 2. The number of ether oxygens (including phenoxy) is 1.